The molecule has 0 heterocycles. The van der Waals surface area contributed by atoms with Crippen LogP contribution in [0.3, 0.4) is 0 Å². The third kappa shape index (κ3) is 5.20. The summed E-state index contributed by atoms with van der Waals surface area (Å²) in [6.45, 7) is 0. The molecule has 9 heteroatoms. The molecular weight excluding hydrogens is 435 g/mol. The van der Waals surface area contributed by atoms with Crippen LogP contribution in [0.25, 0.3) is 0 Å². The molecular formula is C20H16Cl2N2O4S. The van der Waals surface area contributed by atoms with Crippen molar-refractivity contribution in [3.05, 3.63) is 82.3 Å². The van der Waals surface area contributed by atoms with Gasteiger partial charge in [-0.2, -0.15) is 0 Å². The second-order valence-corrected chi connectivity index (χ2v) is 8.43. The highest BCUT2D eigenvalue weighted by atomic mass is 35.5. The van der Waals surface area contributed by atoms with Gasteiger partial charge in [-0.15, -0.1) is 0 Å². The Kier molecular flexibility index (Phi) is 6.32. The molecule has 150 valence electrons. The number of benzene rings is 3. The molecule has 0 spiro atoms. The van der Waals surface area contributed by atoms with Crippen LogP contribution in [-0.4, -0.2) is 21.4 Å². The third-order valence-electron chi connectivity index (χ3n) is 3.93. The Morgan fingerprint density at radius 1 is 0.897 bits per heavy atom. The van der Waals surface area contributed by atoms with Crippen LogP contribution in [0.5, 0.6) is 5.75 Å². The smallest absolute Gasteiger partial charge is 0.263 e. The number of ether oxygens (including phenoxy) is 1. The predicted molar refractivity (Wildman–Crippen MR) is 115 cm³/mol. The van der Waals surface area contributed by atoms with Crippen LogP contribution < -0.4 is 14.8 Å². The van der Waals surface area contributed by atoms with E-state index in [2.05, 4.69) is 10.0 Å². The third-order valence-corrected chi connectivity index (χ3v) is 6.04. The lowest BCUT2D eigenvalue weighted by Crippen LogP contribution is -2.16. The Labute approximate surface area is 178 Å². The molecule has 2 N–H and O–H groups in total. The molecule has 0 radical (unpaired) electrons. The summed E-state index contributed by atoms with van der Waals surface area (Å²) in [7, 11) is -2.47. The molecule has 0 aliphatic heterocycles. The molecule has 0 unspecified atom stereocenters. The second-order valence-electron chi connectivity index (χ2n) is 5.94. The van der Waals surface area contributed by atoms with E-state index in [1.54, 1.807) is 43.5 Å². The van der Waals surface area contributed by atoms with Crippen LogP contribution in [0, 0.1) is 0 Å². The fraction of sp³-hybridized carbons (Fsp3) is 0.0500. The topological polar surface area (TPSA) is 84.5 Å². The molecule has 1 amide bonds. The van der Waals surface area contributed by atoms with Gasteiger partial charge in [-0.05, 0) is 66.7 Å². The zero-order valence-electron chi connectivity index (χ0n) is 15.1. The summed E-state index contributed by atoms with van der Waals surface area (Å²) < 4.78 is 33.0. The van der Waals surface area contributed by atoms with E-state index in [-0.39, 0.29) is 15.5 Å². The normalized spacial score (nSPS) is 11.0. The number of nitrogens with one attached hydrogen (secondary N) is 2. The van der Waals surface area contributed by atoms with Crippen molar-refractivity contribution in [3.8, 4) is 5.75 Å². The Morgan fingerprint density at radius 2 is 1.52 bits per heavy atom. The lowest BCUT2D eigenvalue weighted by molar-refractivity contribution is 0.102. The number of anilines is 2. The van der Waals surface area contributed by atoms with Crippen molar-refractivity contribution in [2.75, 3.05) is 17.1 Å². The minimum atomic E-state index is -4.02. The minimum Gasteiger partial charge on any atom is -0.497 e. The molecule has 29 heavy (non-hydrogen) atoms. The average molecular weight is 451 g/mol. The quantitative estimate of drug-likeness (QED) is 0.549. The average Bonchev–Trinajstić information content (AvgIpc) is 2.70. The SMILES string of the molecule is COc1ccc(NC(=O)c2ccc(Cl)c(S(=O)(=O)Nc3ccc(Cl)cc3)c2)cc1. The van der Waals surface area contributed by atoms with Gasteiger partial charge in [0.05, 0.1) is 12.1 Å². The largest absolute Gasteiger partial charge is 0.497 e. The first-order valence-electron chi connectivity index (χ1n) is 8.32. The molecule has 3 rings (SSSR count). The molecule has 0 saturated heterocycles. The summed E-state index contributed by atoms with van der Waals surface area (Å²) >= 11 is 11.9. The minimum absolute atomic E-state index is 0.00698. The van der Waals surface area contributed by atoms with E-state index < -0.39 is 15.9 Å². The van der Waals surface area contributed by atoms with Crippen molar-refractivity contribution in [3.63, 3.8) is 0 Å². The maximum Gasteiger partial charge on any atom is 0.263 e. The summed E-state index contributed by atoms with van der Waals surface area (Å²) in [5.74, 6) is 0.172. The van der Waals surface area contributed by atoms with Crippen molar-refractivity contribution in [2.24, 2.45) is 0 Å². The molecule has 0 atom stereocenters. The van der Waals surface area contributed by atoms with E-state index in [1.807, 2.05) is 0 Å². The lowest BCUT2D eigenvalue weighted by Gasteiger charge is -2.12. The van der Waals surface area contributed by atoms with Gasteiger partial charge < -0.3 is 10.1 Å². The highest BCUT2D eigenvalue weighted by Gasteiger charge is 2.20. The van der Waals surface area contributed by atoms with E-state index in [0.717, 1.165) is 0 Å². The number of amides is 1. The molecule has 0 bridgehead atoms. The van der Waals surface area contributed by atoms with Gasteiger partial charge in [-0.1, -0.05) is 23.2 Å². The van der Waals surface area contributed by atoms with Gasteiger partial charge in [0.25, 0.3) is 15.9 Å². The number of hydrogen-bond acceptors (Lipinski definition) is 4. The number of methoxy groups -OCH3 is 1. The highest BCUT2D eigenvalue weighted by Crippen LogP contribution is 2.26. The molecule has 0 saturated carbocycles. The highest BCUT2D eigenvalue weighted by molar-refractivity contribution is 7.92. The van der Waals surface area contributed by atoms with Crippen molar-refractivity contribution in [1.82, 2.24) is 0 Å². The van der Waals surface area contributed by atoms with Crippen LogP contribution >= 0.6 is 23.2 Å². The molecule has 0 aliphatic rings. The van der Waals surface area contributed by atoms with Crippen LogP contribution in [0.1, 0.15) is 10.4 Å². The first-order chi connectivity index (χ1) is 13.8. The fourth-order valence-electron chi connectivity index (χ4n) is 2.46. The van der Waals surface area contributed by atoms with Gasteiger partial charge in [0.2, 0.25) is 0 Å². The first-order valence-corrected chi connectivity index (χ1v) is 10.6. The number of carbonyl (C=O) groups excluding carboxylic acids is 1. The van der Waals surface area contributed by atoms with Gasteiger partial charge in [0.1, 0.15) is 10.6 Å². The Hall–Kier alpha value is -2.74. The standard InChI is InChI=1S/C20H16Cl2N2O4S/c1-28-17-9-7-15(8-10-17)23-20(25)13-2-11-18(22)19(12-13)29(26,27)24-16-5-3-14(21)4-6-16/h2-12,24H,1H3,(H,23,25). The van der Waals surface area contributed by atoms with Crippen molar-refractivity contribution in [2.45, 2.75) is 4.90 Å². The van der Waals surface area contributed by atoms with Crippen LogP contribution in [-0.2, 0) is 10.0 Å². The molecule has 0 fully saturated rings. The zero-order valence-corrected chi connectivity index (χ0v) is 17.5. The monoisotopic (exact) mass is 450 g/mol. The van der Waals surface area contributed by atoms with E-state index in [4.69, 9.17) is 27.9 Å². The number of carbonyl (C=O) groups is 1. The molecule has 0 aliphatic carbocycles. The van der Waals surface area contributed by atoms with E-state index in [0.29, 0.717) is 22.1 Å². The van der Waals surface area contributed by atoms with Crippen molar-refractivity contribution >= 4 is 50.5 Å². The number of sulfonamides is 1. The summed E-state index contributed by atoms with van der Waals surface area (Å²) in [6.07, 6.45) is 0. The van der Waals surface area contributed by atoms with Crippen molar-refractivity contribution in [1.29, 1.82) is 0 Å². The number of hydrogen-bond donors (Lipinski definition) is 2. The van der Waals surface area contributed by atoms with Crippen LogP contribution in [0.15, 0.2) is 71.6 Å². The molecule has 3 aromatic carbocycles. The summed E-state index contributed by atoms with van der Waals surface area (Å²) in [5, 5.41) is 3.16. The van der Waals surface area contributed by atoms with Gasteiger partial charge >= 0.3 is 0 Å². The first kappa shape index (κ1) is 21.0. The van der Waals surface area contributed by atoms with Crippen molar-refractivity contribution < 1.29 is 17.9 Å². The zero-order chi connectivity index (χ0) is 21.0. The Morgan fingerprint density at radius 3 is 2.14 bits per heavy atom. The van der Waals surface area contributed by atoms with E-state index in [1.165, 1.54) is 30.3 Å². The van der Waals surface area contributed by atoms with E-state index in [9.17, 15) is 13.2 Å². The maximum absolute atomic E-state index is 12.7. The number of rotatable bonds is 6. The second kappa shape index (κ2) is 8.73. The Bertz CT molecular complexity index is 1130. The van der Waals surface area contributed by atoms with Gasteiger partial charge in [-0.3, -0.25) is 9.52 Å². The summed E-state index contributed by atoms with van der Waals surface area (Å²) in [6, 6.07) is 16.9. The molecule has 6 nitrogen and oxygen atoms in total. The molecule has 0 aromatic heterocycles. The van der Waals surface area contributed by atoms with Crippen LogP contribution in [0.2, 0.25) is 10.0 Å². The fourth-order valence-corrected chi connectivity index (χ4v) is 4.17. The van der Waals surface area contributed by atoms with Gasteiger partial charge in [0, 0.05) is 22.0 Å². The lowest BCUT2D eigenvalue weighted by atomic mass is 10.2. The summed E-state index contributed by atoms with van der Waals surface area (Å²) in [5.41, 5.74) is 0.995. The Balaban J connectivity index is 1.84. The number of halogens is 2. The van der Waals surface area contributed by atoms with Crippen LogP contribution in [0.4, 0.5) is 11.4 Å². The van der Waals surface area contributed by atoms with Gasteiger partial charge in [-0.25, -0.2) is 8.42 Å². The summed E-state index contributed by atoms with van der Waals surface area (Å²) in [4.78, 5) is 12.3. The maximum atomic E-state index is 12.7. The van der Waals surface area contributed by atoms with E-state index >= 15 is 0 Å². The molecule has 3 aromatic rings. The van der Waals surface area contributed by atoms with Gasteiger partial charge in [0.15, 0.2) is 0 Å². The predicted octanol–water partition coefficient (Wildman–Crippen LogP) is 5.06.